The van der Waals surface area contributed by atoms with Crippen LogP contribution in [0.2, 0.25) is 5.02 Å². The second-order valence-corrected chi connectivity index (χ2v) is 5.82. The van der Waals surface area contributed by atoms with Crippen molar-refractivity contribution >= 4 is 11.6 Å². The first-order chi connectivity index (χ1) is 8.64. The smallest absolute Gasteiger partial charge is 0.0834 e. The molecule has 0 amide bonds. The molecule has 1 saturated carbocycles. The lowest BCUT2D eigenvalue weighted by Gasteiger charge is -2.37. The maximum Gasteiger partial charge on any atom is 0.0834 e. The third-order valence-corrected chi connectivity index (χ3v) is 4.83. The molecule has 1 aromatic heterocycles. The van der Waals surface area contributed by atoms with Gasteiger partial charge in [-0.3, -0.25) is 4.68 Å². The zero-order chi connectivity index (χ0) is 13.2. The first-order valence-electron chi connectivity index (χ1n) is 7.05. The van der Waals surface area contributed by atoms with Gasteiger partial charge in [-0.2, -0.15) is 5.10 Å². The standard InChI is InChI=1S/C14H24ClN3/c1-4-14(8-6-7-9-14)13(16-5-2)12-11(15)10-17-18(12)3/h10,13,16H,4-9H2,1-3H3. The van der Waals surface area contributed by atoms with E-state index in [9.17, 15) is 0 Å². The van der Waals surface area contributed by atoms with E-state index >= 15 is 0 Å². The largest absolute Gasteiger partial charge is 0.308 e. The summed E-state index contributed by atoms with van der Waals surface area (Å²) in [6.07, 6.45) is 8.23. The number of nitrogens with one attached hydrogen (secondary N) is 1. The van der Waals surface area contributed by atoms with Gasteiger partial charge in [0, 0.05) is 7.05 Å². The highest BCUT2D eigenvalue weighted by Crippen LogP contribution is 2.50. The Morgan fingerprint density at radius 3 is 2.56 bits per heavy atom. The number of halogens is 1. The Morgan fingerprint density at radius 2 is 2.11 bits per heavy atom. The van der Waals surface area contributed by atoms with Crippen LogP contribution in [0.4, 0.5) is 0 Å². The van der Waals surface area contributed by atoms with Crippen LogP contribution in [0, 0.1) is 5.41 Å². The molecule has 1 atom stereocenters. The van der Waals surface area contributed by atoms with Crippen LogP contribution >= 0.6 is 11.6 Å². The molecular weight excluding hydrogens is 246 g/mol. The molecule has 18 heavy (non-hydrogen) atoms. The lowest BCUT2D eigenvalue weighted by Crippen LogP contribution is -2.37. The summed E-state index contributed by atoms with van der Waals surface area (Å²) in [7, 11) is 1.99. The molecule has 1 heterocycles. The minimum absolute atomic E-state index is 0.329. The molecule has 2 rings (SSSR count). The minimum atomic E-state index is 0.329. The van der Waals surface area contributed by atoms with Crippen LogP contribution < -0.4 is 5.32 Å². The predicted molar refractivity (Wildman–Crippen MR) is 75.8 cm³/mol. The Hall–Kier alpha value is -0.540. The number of hydrogen-bond acceptors (Lipinski definition) is 2. The first kappa shape index (κ1) is 13.9. The highest BCUT2D eigenvalue weighted by atomic mass is 35.5. The lowest BCUT2D eigenvalue weighted by atomic mass is 9.74. The molecule has 0 aromatic carbocycles. The van der Waals surface area contributed by atoms with Crippen molar-refractivity contribution in [3.8, 4) is 0 Å². The van der Waals surface area contributed by atoms with Crippen LogP contribution in [-0.4, -0.2) is 16.3 Å². The van der Waals surface area contributed by atoms with Crippen LogP contribution in [0.3, 0.4) is 0 Å². The predicted octanol–water partition coefficient (Wildman–Crippen LogP) is 3.69. The van der Waals surface area contributed by atoms with E-state index < -0.39 is 0 Å². The molecule has 1 aliphatic rings. The minimum Gasteiger partial charge on any atom is -0.308 e. The average molecular weight is 270 g/mol. The Morgan fingerprint density at radius 1 is 1.44 bits per heavy atom. The highest BCUT2D eigenvalue weighted by molar-refractivity contribution is 6.31. The molecule has 4 heteroatoms. The molecule has 0 saturated heterocycles. The van der Waals surface area contributed by atoms with E-state index in [0.717, 1.165) is 17.3 Å². The van der Waals surface area contributed by atoms with Gasteiger partial charge in [-0.15, -0.1) is 0 Å². The molecule has 0 spiro atoms. The zero-order valence-corrected chi connectivity index (χ0v) is 12.4. The maximum absolute atomic E-state index is 6.35. The van der Waals surface area contributed by atoms with Crippen LogP contribution in [0.25, 0.3) is 0 Å². The van der Waals surface area contributed by atoms with E-state index in [1.807, 2.05) is 11.7 Å². The summed E-state index contributed by atoms with van der Waals surface area (Å²) in [5, 5.41) is 8.75. The maximum atomic E-state index is 6.35. The molecule has 0 aliphatic heterocycles. The lowest BCUT2D eigenvalue weighted by molar-refractivity contribution is 0.181. The van der Waals surface area contributed by atoms with Crippen molar-refractivity contribution in [3.05, 3.63) is 16.9 Å². The number of aromatic nitrogens is 2. The fraction of sp³-hybridized carbons (Fsp3) is 0.786. The Kier molecular flexibility index (Phi) is 4.33. The summed E-state index contributed by atoms with van der Waals surface area (Å²) in [6, 6.07) is 0.329. The molecular formula is C14H24ClN3. The quantitative estimate of drug-likeness (QED) is 0.883. The van der Waals surface area contributed by atoms with Crippen molar-refractivity contribution in [3.63, 3.8) is 0 Å². The van der Waals surface area contributed by atoms with Gasteiger partial charge in [-0.05, 0) is 31.2 Å². The summed E-state index contributed by atoms with van der Waals surface area (Å²) >= 11 is 6.35. The molecule has 1 aliphatic carbocycles. The van der Waals surface area contributed by atoms with E-state index in [-0.39, 0.29) is 0 Å². The van der Waals surface area contributed by atoms with Gasteiger partial charge >= 0.3 is 0 Å². The normalized spacial score (nSPS) is 20.2. The third-order valence-electron chi connectivity index (χ3n) is 4.54. The SMILES string of the molecule is CCNC(c1c(Cl)cnn1C)C1(CC)CCCC1. The van der Waals surface area contributed by atoms with Gasteiger partial charge in [0.05, 0.1) is 23.0 Å². The second kappa shape index (κ2) is 5.62. The summed E-state index contributed by atoms with van der Waals surface area (Å²) in [4.78, 5) is 0. The fourth-order valence-electron chi connectivity index (χ4n) is 3.48. The molecule has 1 aromatic rings. The van der Waals surface area contributed by atoms with E-state index in [2.05, 4.69) is 24.3 Å². The van der Waals surface area contributed by atoms with E-state index in [0.29, 0.717) is 11.5 Å². The molecule has 0 bridgehead atoms. The Labute approximate surface area is 115 Å². The van der Waals surface area contributed by atoms with Gasteiger partial charge in [0.1, 0.15) is 0 Å². The number of rotatable bonds is 5. The number of aryl methyl sites for hydroxylation is 1. The van der Waals surface area contributed by atoms with Crippen molar-refractivity contribution in [2.24, 2.45) is 12.5 Å². The monoisotopic (exact) mass is 269 g/mol. The molecule has 1 unspecified atom stereocenters. The average Bonchev–Trinajstić information content (AvgIpc) is 2.96. The van der Waals surface area contributed by atoms with Crippen LogP contribution in [0.1, 0.15) is 57.7 Å². The van der Waals surface area contributed by atoms with Gasteiger partial charge in [-0.1, -0.05) is 38.3 Å². The second-order valence-electron chi connectivity index (χ2n) is 5.42. The number of hydrogen-bond donors (Lipinski definition) is 1. The summed E-state index contributed by atoms with van der Waals surface area (Å²) in [6.45, 7) is 5.43. The highest BCUT2D eigenvalue weighted by Gasteiger charge is 2.42. The van der Waals surface area contributed by atoms with Crippen molar-refractivity contribution in [2.75, 3.05) is 6.54 Å². The van der Waals surface area contributed by atoms with Gasteiger partial charge < -0.3 is 5.32 Å². The summed E-state index contributed by atoms with van der Waals surface area (Å²) in [5.41, 5.74) is 1.51. The summed E-state index contributed by atoms with van der Waals surface area (Å²) < 4.78 is 1.94. The van der Waals surface area contributed by atoms with Gasteiger partial charge in [0.2, 0.25) is 0 Å². The van der Waals surface area contributed by atoms with Gasteiger partial charge in [0.25, 0.3) is 0 Å². The topological polar surface area (TPSA) is 29.9 Å². The molecule has 102 valence electrons. The molecule has 1 N–H and O–H groups in total. The first-order valence-corrected chi connectivity index (χ1v) is 7.43. The Bertz CT molecular complexity index is 374. The molecule has 1 fully saturated rings. The van der Waals surface area contributed by atoms with Crippen molar-refractivity contribution in [2.45, 2.75) is 52.0 Å². The molecule has 3 nitrogen and oxygen atoms in total. The van der Waals surface area contributed by atoms with Gasteiger partial charge in [-0.25, -0.2) is 0 Å². The summed E-state index contributed by atoms with van der Waals surface area (Å²) in [5.74, 6) is 0. The van der Waals surface area contributed by atoms with Crippen LogP contribution in [-0.2, 0) is 7.05 Å². The van der Waals surface area contributed by atoms with Crippen LogP contribution in [0.15, 0.2) is 6.20 Å². The Balaban J connectivity index is 2.39. The molecule has 0 radical (unpaired) electrons. The zero-order valence-electron chi connectivity index (χ0n) is 11.7. The van der Waals surface area contributed by atoms with Crippen LogP contribution in [0.5, 0.6) is 0 Å². The van der Waals surface area contributed by atoms with Crippen molar-refractivity contribution < 1.29 is 0 Å². The van der Waals surface area contributed by atoms with Gasteiger partial charge in [0.15, 0.2) is 0 Å². The van der Waals surface area contributed by atoms with E-state index in [1.54, 1.807) is 6.20 Å². The van der Waals surface area contributed by atoms with Crippen molar-refractivity contribution in [1.82, 2.24) is 15.1 Å². The third kappa shape index (κ3) is 2.30. The van der Waals surface area contributed by atoms with E-state index in [4.69, 9.17) is 11.6 Å². The number of nitrogens with zero attached hydrogens (tertiary/aromatic N) is 2. The van der Waals surface area contributed by atoms with E-state index in [1.165, 1.54) is 32.1 Å². The fourth-order valence-corrected chi connectivity index (χ4v) is 3.75. The van der Waals surface area contributed by atoms with Crippen molar-refractivity contribution in [1.29, 1.82) is 0 Å².